The lowest BCUT2D eigenvalue weighted by Crippen LogP contribution is -2.16. The van der Waals surface area contributed by atoms with E-state index in [0.717, 1.165) is 25.0 Å². The van der Waals surface area contributed by atoms with Crippen LogP contribution in [0.2, 0.25) is 0 Å². The van der Waals surface area contributed by atoms with Crippen molar-refractivity contribution in [3.63, 3.8) is 0 Å². The SMILES string of the molecule is COc1cccc2c1CC(CCO)CC2. The Bertz CT molecular complexity index is 319. The van der Waals surface area contributed by atoms with Gasteiger partial charge in [-0.1, -0.05) is 12.1 Å². The molecule has 0 amide bonds. The minimum atomic E-state index is 0.301. The maximum Gasteiger partial charge on any atom is 0.122 e. The molecule has 82 valence electrons. The molecule has 2 heteroatoms. The van der Waals surface area contributed by atoms with E-state index in [0.29, 0.717) is 12.5 Å². The molecule has 0 aliphatic heterocycles. The molecule has 1 atom stereocenters. The van der Waals surface area contributed by atoms with Gasteiger partial charge in [-0.2, -0.15) is 0 Å². The average molecular weight is 206 g/mol. The van der Waals surface area contributed by atoms with Crippen molar-refractivity contribution in [1.82, 2.24) is 0 Å². The monoisotopic (exact) mass is 206 g/mol. The van der Waals surface area contributed by atoms with Crippen molar-refractivity contribution in [2.75, 3.05) is 13.7 Å². The van der Waals surface area contributed by atoms with Crippen LogP contribution >= 0.6 is 0 Å². The summed E-state index contributed by atoms with van der Waals surface area (Å²) in [5, 5.41) is 8.96. The molecule has 2 rings (SSSR count). The molecular formula is C13H18O2. The number of fused-ring (bicyclic) bond motifs is 1. The first-order valence-electron chi connectivity index (χ1n) is 5.60. The lowest BCUT2D eigenvalue weighted by molar-refractivity contribution is 0.247. The van der Waals surface area contributed by atoms with Crippen LogP contribution in [-0.2, 0) is 12.8 Å². The highest BCUT2D eigenvalue weighted by Crippen LogP contribution is 2.33. The maximum atomic E-state index is 8.96. The second-order valence-corrected chi connectivity index (χ2v) is 4.22. The first kappa shape index (κ1) is 10.5. The molecule has 0 saturated heterocycles. The molecule has 0 bridgehead atoms. The van der Waals surface area contributed by atoms with Crippen LogP contribution in [0.1, 0.15) is 24.0 Å². The quantitative estimate of drug-likeness (QED) is 0.821. The van der Waals surface area contributed by atoms with Gasteiger partial charge in [0, 0.05) is 6.61 Å². The molecular weight excluding hydrogens is 188 g/mol. The number of hydrogen-bond donors (Lipinski definition) is 1. The third-order valence-electron chi connectivity index (χ3n) is 3.30. The van der Waals surface area contributed by atoms with Gasteiger partial charge < -0.3 is 9.84 Å². The van der Waals surface area contributed by atoms with Crippen molar-refractivity contribution in [3.05, 3.63) is 29.3 Å². The third kappa shape index (κ3) is 2.15. The average Bonchev–Trinajstić information content (AvgIpc) is 2.28. The highest BCUT2D eigenvalue weighted by Gasteiger charge is 2.20. The summed E-state index contributed by atoms with van der Waals surface area (Å²) in [5.74, 6) is 1.63. The van der Waals surface area contributed by atoms with Gasteiger partial charge in [-0.05, 0) is 48.8 Å². The number of aliphatic hydroxyl groups is 1. The zero-order chi connectivity index (χ0) is 10.7. The Morgan fingerprint density at radius 2 is 2.33 bits per heavy atom. The fourth-order valence-electron chi connectivity index (χ4n) is 2.45. The summed E-state index contributed by atoms with van der Waals surface area (Å²) in [4.78, 5) is 0. The first-order chi connectivity index (χ1) is 7.35. The zero-order valence-electron chi connectivity index (χ0n) is 9.20. The molecule has 0 heterocycles. The van der Waals surface area contributed by atoms with Crippen molar-refractivity contribution in [2.24, 2.45) is 5.92 Å². The Labute approximate surface area is 90.9 Å². The molecule has 0 aromatic heterocycles. The van der Waals surface area contributed by atoms with Crippen LogP contribution in [-0.4, -0.2) is 18.8 Å². The number of aryl methyl sites for hydroxylation is 1. The maximum absolute atomic E-state index is 8.96. The van der Waals surface area contributed by atoms with Crippen molar-refractivity contribution in [3.8, 4) is 5.75 Å². The lowest BCUT2D eigenvalue weighted by atomic mass is 9.82. The molecule has 0 fully saturated rings. The number of rotatable bonds is 3. The molecule has 1 aromatic rings. The molecule has 2 nitrogen and oxygen atoms in total. The van der Waals surface area contributed by atoms with Gasteiger partial charge in [0.05, 0.1) is 7.11 Å². The Morgan fingerprint density at radius 1 is 1.47 bits per heavy atom. The van der Waals surface area contributed by atoms with Crippen LogP contribution in [0.15, 0.2) is 18.2 Å². The highest BCUT2D eigenvalue weighted by molar-refractivity contribution is 5.42. The number of benzene rings is 1. The fourth-order valence-corrected chi connectivity index (χ4v) is 2.45. The molecule has 0 spiro atoms. The van der Waals surface area contributed by atoms with Gasteiger partial charge in [-0.15, -0.1) is 0 Å². The van der Waals surface area contributed by atoms with E-state index in [-0.39, 0.29) is 0 Å². The van der Waals surface area contributed by atoms with E-state index in [1.807, 2.05) is 6.07 Å². The summed E-state index contributed by atoms with van der Waals surface area (Å²) in [7, 11) is 1.73. The van der Waals surface area contributed by atoms with Crippen molar-refractivity contribution in [1.29, 1.82) is 0 Å². The Kier molecular flexibility index (Phi) is 3.27. The molecule has 1 N–H and O–H groups in total. The van der Waals surface area contributed by atoms with Gasteiger partial charge >= 0.3 is 0 Å². The van der Waals surface area contributed by atoms with Crippen molar-refractivity contribution in [2.45, 2.75) is 25.7 Å². The van der Waals surface area contributed by atoms with E-state index in [9.17, 15) is 0 Å². The first-order valence-corrected chi connectivity index (χ1v) is 5.60. The summed E-state index contributed by atoms with van der Waals surface area (Å²) in [6.45, 7) is 0.301. The van der Waals surface area contributed by atoms with Crippen LogP contribution in [0.3, 0.4) is 0 Å². The molecule has 1 aliphatic rings. The normalized spacial score (nSPS) is 19.7. The van der Waals surface area contributed by atoms with E-state index in [4.69, 9.17) is 9.84 Å². The summed E-state index contributed by atoms with van der Waals surface area (Å²) in [6, 6.07) is 6.28. The summed E-state index contributed by atoms with van der Waals surface area (Å²) in [6.07, 6.45) is 4.29. The summed E-state index contributed by atoms with van der Waals surface area (Å²) < 4.78 is 5.38. The Morgan fingerprint density at radius 3 is 3.07 bits per heavy atom. The largest absolute Gasteiger partial charge is 0.496 e. The topological polar surface area (TPSA) is 29.5 Å². The smallest absolute Gasteiger partial charge is 0.122 e. The van der Waals surface area contributed by atoms with Crippen LogP contribution in [0, 0.1) is 5.92 Å². The summed E-state index contributed by atoms with van der Waals surface area (Å²) in [5.41, 5.74) is 2.77. The molecule has 1 aromatic carbocycles. The van der Waals surface area contributed by atoms with E-state index in [1.165, 1.54) is 17.5 Å². The van der Waals surface area contributed by atoms with Gasteiger partial charge in [-0.25, -0.2) is 0 Å². The Balaban J connectivity index is 2.22. The molecule has 15 heavy (non-hydrogen) atoms. The van der Waals surface area contributed by atoms with E-state index in [1.54, 1.807) is 7.11 Å². The number of methoxy groups -OCH3 is 1. The van der Waals surface area contributed by atoms with E-state index >= 15 is 0 Å². The molecule has 1 aliphatic carbocycles. The number of ether oxygens (including phenoxy) is 1. The second-order valence-electron chi connectivity index (χ2n) is 4.22. The van der Waals surface area contributed by atoms with Gasteiger partial charge in [0.1, 0.15) is 5.75 Å². The number of hydrogen-bond acceptors (Lipinski definition) is 2. The van der Waals surface area contributed by atoms with Crippen LogP contribution in [0.25, 0.3) is 0 Å². The van der Waals surface area contributed by atoms with E-state index in [2.05, 4.69) is 12.1 Å². The number of aliphatic hydroxyl groups excluding tert-OH is 1. The lowest BCUT2D eigenvalue weighted by Gasteiger charge is -2.25. The second kappa shape index (κ2) is 4.67. The van der Waals surface area contributed by atoms with Crippen LogP contribution in [0.5, 0.6) is 5.75 Å². The van der Waals surface area contributed by atoms with Gasteiger partial charge in [0.25, 0.3) is 0 Å². The highest BCUT2D eigenvalue weighted by atomic mass is 16.5. The predicted octanol–water partition coefficient (Wildman–Crippen LogP) is 2.18. The van der Waals surface area contributed by atoms with Crippen LogP contribution < -0.4 is 4.74 Å². The van der Waals surface area contributed by atoms with Crippen molar-refractivity contribution < 1.29 is 9.84 Å². The van der Waals surface area contributed by atoms with Gasteiger partial charge in [-0.3, -0.25) is 0 Å². The van der Waals surface area contributed by atoms with E-state index < -0.39 is 0 Å². The van der Waals surface area contributed by atoms with Crippen LogP contribution in [0.4, 0.5) is 0 Å². The zero-order valence-corrected chi connectivity index (χ0v) is 9.20. The molecule has 0 radical (unpaired) electrons. The molecule has 0 saturated carbocycles. The van der Waals surface area contributed by atoms with Crippen molar-refractivity contribution >= 4 is 0 Å². The Hall–Kier alpha value is -1.02. The van der Waals surface area contributed by atoms with Gasteiger partial charge in [0.2, 0.25) is 0 Å². The standard InChI is InChI=1S/C13H18O2/c1-15-13-4-2-3-11-6-5-10(7-8-14)9-12(11)13/h2-4,10,14H,5-9H2,1H3. The minimum absolute atomic E-state index is 0.301. The minimum Gasteiger partial charge on any atom is -0.496 e. The van der Waals surface area contributed by atoms with Gasteiger partial charge in [0.15, 0.2) is 0 Å². The fraction of sp³-hybridized carbons (Fsp3) is 0.538. The summed E-state index contributed by atoms with van der Waals surface area (Å²) >= 11 is 0. The molecule has 1 unspecified atom stereocenters. The predicted molar refractivity (Wildman–Crippen MR) is 60.2 cm³/mol. The third-order valence-corrected chi connectivity index (χ3v) is 3.30.